The first kappa shape index (κ1) is 25.1. The molecule has 0 aliphatic carbocycles. The third-order valence-corrected chi connectivity index (χ3v) is 5.44. The predicted octanol–water partition coefficient (Wildman–Crippen LogP) is 4.76. The Hall–Kier alpha value is -4.02. The number of benzene rings is 1. The molecule has 1 atom stereocenters. The molecule has 1 aliphatic rings. The van der Waals surface area contributed by atoms with Crippen molar-refractivity contribution in [2.24, 2.45) is 0 Å². The maximum Gasteiger partial charge on any atom is 0.407 e. The number of ether oxygens (including phenoxy) is 1. The highest BCUT2D eigenvalue weighted by molar-refractivity contribution is 6.04. The number of halogens is 2. The minimum Gasteiger partial charge on any atom is -0.444 e. The van der Waals surface area contributed by atoms with Crippen molar-refractivity contribution < 1.29 is 27.5 Å². The van der Waals surface area contributed by atoms with Crippen molar-refractivity contribution in [3.8, 4) is 11.5 Å². The Bertz CT molecular complexity index is 1240. The van der Waals surface area contributed by atoms with Gasteiger partial charge < -0.3 is 24.7 Å². The number of rotatable bonds is 5. The van der Waals surface area contributed by atoms with Crippen LogP contribution in [0.15, 0.2) is 47.3 Å². The minimum atomic E-state index is -0.849. The lowest BCUT2D eigenvalue weighted by Gasteiger charge is -2.35. The Morgan fingerprint density at radius 2 is 1.94 bits per heavy atom. The fraction of sp³-hybridized carbons (Fsp3) is 0.360. The van der Waals surface area contributed by atoms with E-state index in [1.165, 1.54) is 12.3 Å². The molecule has 2 N–H and O–H groups in total. The number of aromatic nitrogens is 2. The van der Waals surface area contributed by atoms with Gasteiger partial charge in [-0.15, -0.1) is 0 Å². The van der Waals surface area contributed by atoms with E-state index in [1.807, 2.05) is 4.90 Å². The van der Waals surface area contributed by atoms with Crippen LogP contribution in [0.2, 0.25) is 0 Å². The average Bonchev–Trinajstić information content (AvgIpc) is 3.28. The first-order valence-electron chi connectivity index (χ1n) is 11.5. The molecular weight excluding hydrogens is 472 g/mol. The fourth-order valence-corrected chi connectivity index (χ4v) is 3.93. The summed E-state index contributed by atoms with van der Waals surface area (Å²) in [4.78, 5) is 35.2. The monoisotopic (exact) mass is 499 g/mol. The van der Waals surface area contributed by atoms with Gasteiger partial charge in [0.1, 0.15) is 29.1 Å². The molecule has 190 valence electrons. The maximum atomic E-state index is 14.1. The zero-order valence-electron chi connectivity index (χ0n) is 20.2. The number of carbonyl (C=O) groups is 2. The van der Waals surface area contributed by atoms with E-state index in [9.17, 15) is 18.4 Å². The van der Waals surface area contributed by atoms with E-state index in [-0.39, 0.29) is 17.6 Å². The van der Waals surface area contributed by atoms with Crippen molar-refractivity contribution in [1.82, 2.24) is 15.3 Å². The summed E-state index contributed by atoms with van der Waals surface area (Å²) in [6.07, 6.45) is 5.26. The Morgan fingerprint density at radius 1 is 1.19 bits per heavy atom. The average molecular weight is 500 g/mol. The van der Waals surface area contributed by atoms with Gasteiger partial charge >= 0.3 is 6.09 Å². The summed E-state index contributed by atoms with van der Waals surface area (Å²) < 4.78 is 38.6. The van der Waals surface area contributed by atoms with Crippen molar-refractivity contribution in [2.45, 2.75) is 45.3 Å². The summed E-state index contributed by atoms with van der Waals surface area (Å²) in [5.74, 6) is -2.67. The Balaban J connectivity index is 1.47. The molecule has 4 rings (SSSR count). The molecule has 3 aromatic rings. The second kappa shape index (κ2) is 10.3. The molecule has 1 aliphatic heterocycles. The third-order valence-electron chi connectivity index (χ3n) is 5.44. The van der Waals surface area contributed by atoms with Crippen LogP contribution in [0.3, 0.4) is 0 Å². The summed E-state index contributed by atoms with van der Waals surface area (Å²) in [5.41, 5.74) is -0.0685. The molecule has 2 aromatic heterocycles. The SMILES string of the molecule is CC(C)(C)OC(=O)N[C@H]1CCCN(c2ccncc2NC(=O)c2coc(-c3c(F)cccc3F)n2)C1. The molecule has 0 unspecified atom stereocenters. The molecule has 1 fully saturated rings. The second-order valence-corrected chi connectivity index (χ2v) is 9.41. The standard InChI is InChI=1S/C25H27F2N5O4/c1-25(2,3)36-24(34)29-15-6-5-11-32(13-15)20-9-10-28-12-18(20)30-22(33)19-14-35-23(31-19)21-16(26)7-4-8-17(21)27/h4,7-10,12,14-15H,5-6,11,13H2,1-3H3,(H,29,34)(H,30,33)/t15-/m0/s1. The first-order chi connectivity index (χ1) is 17.1. The van der Waals surface area contributed by atoms with Crippen LogP contribution in [0, 0.1) is 11.6 Å². The van der Waals surface area contributed by atoms with Crippen molar-refractivity contribution in [3.05, 3.63) is 60.3 Å². The van der Waals surface area contributed by atoms with Gasteiger partial charge in [-0.3, -0.25) is 9.78 Å². The van der Waals surface area contributed by atoms with Gasteiger partial charge in [0.05, 0.1) is 17.6 Å². The highest BCUT2D eigenvalue weighted by Crippen LogP contribution is 2.29. The number of piperidine rings is 1. The van der Waals surface area contributed by atoms with E-state index in [0.29, 0.717) is 24.5 Å². The molecule has 2 amide bonds. The van der Waals surface area contributed by atoms with Crippen LogP contribution in [0.4, 0.5) is 25.0 Å². The van der Waals surface area contributed by atoms with Crippen molar-refractivity contribution in [1.29, 1.82) is 0 Å². The van der Waals surface area contributed by atoms with Crippen LogP contribution in [0.5, 0.6) is 0 Å². The lowest BCUT2D eigenvalue weighted by molar-refractivity contribution is 0.0500. The van der Waals surface area contributed by atoms with Crippen LogP contribution < -0.4 is 15.5 Å². The van der Waals surface area contributed by atoms with Crippen molar-refractivity contribution >= 4 is 23.4 Å². The maximum absolute atomic E-state index is 14.1. The molecule has 11 heteroatoms. The number of anilines is 2. The molecule has 0 bridgehead atoms. The van der Waals surface area contributed by atoms with Crippen LogP contribution in [-0.2, 0) is 4.74 Å². The van der Waals surface area contributed by atoms with Gasteiger partial charge in [0, 0.05) is 25.3 Å². The largest absolute Gasteiger partial charge is 0.444 e. The first-order valence-corrected chi connectivity index (χ1v) is 11.5. The second-order valence-electron chi connectivity index (χ2n) is 9.41. The molecule has 3 heterocycles. The lowest BCUT2D eigenvalue weighted by atomic mass is 10.0. The number of hydrogen-bond acceptors (Lipinski definition) is 7. The van der Waals surface area contributed by atoms with Crippen molar-refractivity contribution in [2.75, 3.05) is 23.3 Å². The van der Waals surface area contributed by atoms with E-state index in [4.69, 9.17) is 9.15 Å². The van der Waals surface area contributed by atoms with Gasteiger partial charge in [0.25, 0.3) is 5.91 Å². The molecule has 1 aromatic carbocycles. The number of carbonyl (C=O) groups excluding carboxylic acids is 2. The third kappa shape index (κ3) is 5.96. The van der Waals surface area contributed by atoms with E-state index in [2.05, 4.69) is 20.6 Å². The molecule has 0 saturated carbocycles. The normalized spacial score (nSPS) is 15.9. The van der Waals surface area contributed by atoms with Crippen molar-refractivity contribution in [3.63, 3.8) is 0 Å². The zero-order valence-corrected chi connectivity index (χ0v) is 20.2. The molecule has 36 heavy (non-hydrogen) atoms. The summed E-state index contributed by atoms with van der Waals surface area (Å²) in [6, 6.07) is 5.00. The van der Waals surface area contributed by atoms with Gasteiger partial charge in [-0.25, -0.2) is 18.6 Å². The number of oxazole rings is 1. The number of amides is 2. The number of alkyl carbamates (subject to hydrolysis) is 1. The van der Waals surface area contributed by atoms with Crippen LogP contribution >= 0.6 is 0 Å². The quantitative estimate of drug-likeness (QED) is 0.521. The van der Waals surface area contributed by atoms with Gasteiger partial charge in [0.2, 0.25) is 5.89 Å². The Labute approximate surface area is 206 Å². The summed E-state index contributed by atoms with van der Waals surface area (Å²) in [6.45, 7) is 6.62. The smallest absolute Gasteiger partial charge is 0.407 e. The van der Waals surface area contributed by atoms with Gasteiger partial charge in [-0.1, -0.05) is 6.07 Å². The number of hydrogen-bond donors (Lipinski definition) is 2. The van der Waals surface area contributed by atoms with Gasteiger partial charge in [-0.05, 0) is 51.8 Å². The van der Waals surface area contributed by atoms with Gasteiger partial charge in [0.15, 0.2) is 5.69 Å². The molecule has 9 nitrogen and oxygen atoms in total. The summed E-state index contributed by atoms with van der Waals surface area (Å²) in [7, 11) is 0. The van der Waals surface area contributed by atoms with E-state index < -0.39 is 34.8 Å². The number of pyridine rings is 1. The topological polar surface area (TPSA) is 110 Å². The number of nitrogens with one attached hydrogen (secondary N) is 2. The predicted molar refractivity (Wildman–Crippen MR) is 129 cm³/mol. The zero-order chi connectivity index (χ0) is 25.9. The highest BCUT2D eigenvalue weighted by Gasteiger charge is 2.26. The van der Waals surface area contributed by atoms with Crippen LogP contribution in [-0.4, -0.2) is 46.7 Å². The molecular formula is C25H27F2N5O4. The van der Waals surface area contributed by atoms with Crippen LogP contribution in [0.25, 0.3) is 11.5 Å². The summed E-state index contributed by atoms with van der Waals surface area (Å²) >= 11 is 0. The number of nitrogens with zero attached hydrogens (tertiary/aromatic N) is 3. The van der Waals surface area contributed by atoms with E-state index >= 15 is 0 Å². The summed E-state index contributed by atoms with van der Waals surface area (Å²) in [5, 5.41) is 5.64. The Kier molecular flexibility index (Phi) is 7.18. The highest BCUT2D eigenvalue weighted by atomic mass is 19.1. The molecule has 0 radical (unpaired) electrons. The van der Waals surface area contributed by atoms with Gasteiger partial charge in [-0.2, -0.15) is 0 Å². The fourth-order valence-electron chi connectivity index (χ4n) is 3.93. The minimum absolute atomic E-state index is 0.140. The van der Waals surface area contributed by atoms with Crippen LogP contribution in [0.1, 0.15) is 44.1 Å². The van der Waals surface area contributed by atoms with E-state index in [0.717, 1.165) is 31.2 Å². The lowest BCUT2D eigenvalue weighted by Crippen LogP contribution is -2.49. The van der Waals surface area contributed by atoms with E-state index in [1.54, 1.807) is 33.0 Å². The molecule has 0 spiro atoms. The molecule has 1 saturated heterocycles. The Morgan fingerprint density at radius 3 is 2.67 bits per heavy atom.